The van der Waals surface area contributed by atoms with Gasteiger partial charge in [0.05, 0.1) is 17.5 Å². The van der Waals surface area contributed by atoms with Crippen molar-refractivity contribution < 1.29 is 9.53 Å². The van der Waals surface area contributed by atoms with Crippen LogP contribution in [-0.4, -0.2) is 54.0 Å². The van der Waals surface area contributed by atoms with Gasteiger partial charge in [0.25, 0.3) is 0 Å². The quantitative estimate of drug-likeness (QED) is 0.719. The Morgan fingerprint density at radius 1 is 1.41 bits per heavy atom. The molecule has 0 radical (unpaired) electrons. The molecule has 0 bridgehead atoms. The van der Waals surface area contributed by atoms with Crippen LogP contribution in [0.1, 0.15) is 22.9 Å². The van der Waals surface area contributed by atoms with Crippen molar-refractivity contribution >= 4 is 17.2 Å². The molecule has 2 atom stereocenters. The highest BCUT2D eigenvalue weighted by Crippen LogP contribution is 2.50. The Morgan fingerprint density at radius 2 is 2.22 bits per heavy atom. The molecule has 3 heterocycles. The van der Waals surface area contributed by atoms with E-state index in [0.717, 1.165) is 43.4 Å². The van der Waals surface area contributed by atoms with E-state index in [4.69, 9.17) is 4.74 Å². The first-order valence-corrected chi connectivity index (χ1v) is 10.2. The molecule has 1 aromatic heterocycles. The number of nitrogens with zero attached hydrogens (tertiary/aromatic N) is 3. The highest BCUT2D eigenvalue weighted by atomic mass is 32.1. The van der Waals surface area contributed by atoms with Gasteiger partial charge in [0.2, 0.25) is 5.91 Å². The zero-order valence-corrected chi connectivity index (χ0v) is 16.5. The number of amides is 1. The van der Waals surface area contributed by atoms with Crippen molar-refractivity contribution in [3.63, 3.8) is 0 Å². The van der Waals surface area contributed by atoms with Crippen molar-refractivity contribution in [2.45, 2.75) is 18.9 Å². The molecular weight excluding hydrogens is 358 g/mol. The van der Waals surface area contributed by atoms with E-state index in [-0.39, 0.29) is 17.2 Å². The van der Waals surface area contributed by atoms with Crippen molar-refractivity contribution in [1.29, 1.82) is 0 Å². The third-order valence-electron chi connectivity index (χ3n) is 5.82. The van der Waals surface area contributed by atoms with Gasteiger partial charge in [0.15, 0.2) is 0 Å². The summed E-state index contributed by atoms with van der Waals surface area (Å²) in [6.07, 6.45) is 4.56. The number of benzene rings is 1. The Balaban J connectivity index is 1.58. The SMILES string of the molecule is C=CCN1CC[C@]2(CN(Cc3ccc(OC)cc3)C[C@@H]2c2nccs2)C1=O. The van der Waals surface area contributed by atoms with E-state index in [1.165, 1.54) is 5.56 Å². The molecule has 4 rings (SSSR count). The number of hydrogen-bond donors (Lipinski definition) is 0. The highest BCUT2D eigenvalue weighted by Gasteiger charge is 2.57. The molecule has 1 spiro atoms. The lowest BCUT2D eigenvalue weighted by Gasteiger charge is -2.27. The van der Waals surface area contributed by atoms with E-state index < -0.39 is 0 Å². The number of carbonyl (C=O) groups excluding carboxylic acids is 1. The molecule has 0 aliphatic carbocycles. The number of likely N-dealkylation sites (tertiary alicyclic amines) is 2. The van der Waals surface area contributed by atoms with Gasteiger partial charge >= 0.3 is 0 Å². The Kier molecular flexibility index (Phi) is 5.02. The van der Waals surface area contributed by atoms with Gasteiger partial charge in [-0.2, -0.15) is 0 Å². The number of thiazole rings is 1. The zero-order chi connectivity index (χ0) is 18.9. The van der Waals surface area contributed by atoms with Crippen LogP contribution >= 0.6 is 11.3 Å². The predicted molar refractivity (Wildman–Crippen MR) is 107 cm³/mol. The van der Waals surface area contributed by atoms with E-state index in [0.29, 0.717) is 6.54 Å². The molecule has 27 heavy (non-hydrogen) atoms. The first kappa shape index (κ1) is 18.2. The summed E-state index contributed by atoms with van der Waals surface area (Å²) in [5.74, 6) is 1.29. The van der Waals surface area contributed by atoms with Gasteiger partial charge < -0.3 is 9.64 Å². The van der Waals surface area contributed by atoms with Gasteiger partial charge in [-0.1, -0.05) is 18.2 Å². The number of carbonyl (C=O) groups is 1. The van der Waals surface area contributed by atoms with Crippen LogP contribution in [0.5, 0.6) is 5.75 Å². The number of aromatic nitrogens is 1. The summed E-state index contributed by atoms with van der Waals surface area (Å²) in [5, 5.41) is 3.09. The van der Waals surface area contributed by atoms with Gasteiger partial charge in [-0.25, -0.2) is 4.98 Å². The van der Waals surface area contributed by atoms with Crippen LogP contribution < -0.4 is 4.74 Å². The second-order valence-corrected chi connectivity index (χ2v) is 8.31. The van der Waals surface area contributed by atoms with Crippen molar-refractivity contribution in [3.8, 4) is 5.75 Å². The van der Waals surface area contributed by atoms with E-state index in [2.05, 4.69) is 28.6 Å². The van der Waals surface area contributed by atoms with Crippen LogP contribution in [0, 0.1) is 5.41 Å². The molecule has 0 saturated carbocycles. The maximum Gasteiger partial charge on any atom is 0.231 e. The molecule has 2 saturated heterocycles. The van der Waals surface area contributed by atoms with Crippen LogP contribution in [0.25, 0.3) is 0 Å². The second kappa shape index (κ2) is 7.44. The molecule has 2 aromatic rings. The summed E-state index contributed by atoms with van der Waals surface area (Å²) in [6.45, 7) is 7.73. The van der Waals surface area contributed by atoms with Gasteiger partial charge in [-0.05, 0) is 24.1 Å². The van der Waals surface area contributed by atoms with Crippen molar-refractivity contribution in [2.75, 3.05) is 33.3 Å². The lowest BCUT2D eigenvalue weighted by molar-refractivity contribution is -0.135. The summed E-state index contributed by atoms with van der Waals surface area (Å²) in [5.41, 5.74) is 0.881. The summed E-state index contributed by atoms with van der Waals surface area (Å²) in [7, 11) is 1.68. The Labute approximate surface area is 164 Å². The summed E-state index contributed by atoms with van der Waals surface area (Å²) >= 11 is 1.67. The second-order valence-electron chi connectivity index (χ2n) is 7.39. The molecule has 2 fully saturated rings. The van der Waals surface area contributed by atoms with E-state index in [1.54, 1.807) is 18.4 Å². The fourth-order valence-corrected chi connectivity index (χ4v) is 5.34. The maximum absolute atomic E-state index is 13.3. The Hall–Kier alpha value is -2.18. The summed E-state index contributed by atoms with van der Waals surface area (Å²) < 4.78 is 5.25. The molecule has 0 N–H and O–H groups in total. The molecule has 142 valence electrons. The molecule has 2 aliphatic heterocycles. The summed E-state index contributed by atoms with van der Waals surface area (Å²) in [4.78, 5) is 22.2. The van der Waals surface area contributed by atoms with Gasteiger partial charge in [-0.15, -0.1) is 17.9 Å². The number of ether oxygens (including phenoxy) is 1. The average molecular weight is 384 g/mol. The predicted octanol–water partition coefficient (Wildman–Crippen LogP) is 3.16. The van der Waals surface area contributed by atoms with Gasteiger partial charge in [0.1, 0.15) is 5.75 Å². The number of hydrogen-bond acceptors (Lipinski definition) is 5. The molecule has 1 aromatic carbocycles. The third kappa shape index (κ3) is 3.28. The monoisotopic (exact) mass is 383 g/mol. The van der Waals surface area contributed by atoms with Gasteiger partial charge in [0, 0.05) is 50.2 Å². The standard InChI is InChI=1S/C21H25N3O2S/c1-3-10-24-11-8-21(20(24)25)15-23(14-18(21)19-22-9-12-27-19)13-16-4-6-17(26-2)7-5-16/h3-7,9,12,18H,1,8,10-11,13-15H2,2H3/t18-,21-/m1/s1. The first-order valence-electron chi connectivity index (χ1n) is 9.31. The number of methoxy groups -OCH3 is 1. The van der Waals surface area contributed by atoms with Crippen LogP contribution in [0.4, 0.5) is 0 Å². The topological polar surface area (TPSA) is 45.7 Å². The largest absolute Gasteiger partial charge is 0.497 e. The number of rotatable bonds is 6. The van der Waals surface area contributed by atoms with Crippen LogP contribution in [-0.2, 0) is 11.3 Å². The Morgan fingerprint density at radius 3 is 2.89 bits per heavy atom. The minimum atomic E-state index is -0.354. The van der Waals surface area contributed by atoms with Crippen molar-refractivity contribution in [1.82, 2.24) is 14.8 Å². The minimum absolute atomic E-state index is 0.165. The van der Waals surface area contributed by atoms with Crippen molar-refractivity contribution in [3.05, 3.63) is 59.1 Å². The van der Waals surface area contributed by atoms with Crippen LogP contribution in [0.3, 0.4) is 0 Å². The van der Waals surface area contributed by atoms with Crippen molar-refractivity contribution in [2.24, 2.45) is 5.41 Å². The molecule has 1 amide bonds. The van der Waals surface area contributed by atoms with Crippen LogP contribution in [0.2, 0.25) is 0 Å². The molecule has 0 unspecified atom stereocenters. The normalized spacial score (nSPS) is 25.4. The Bertz CT molecular complexity index is 805. The lowest BCUT2D eigenvalue weighted by atomic mass is 9.77. The highest BCUT2D eigenvalue weighted by molar-refractivity contribution is 7.09. The minimum Gasteiger partial charge on any atom is -0.497 e. The fraction of sp³-hybridized carbons (Fsp3) is 0.429. The maximum atomic E-state index is 13.3. The zero-order valence-electron chi connectivity index (χ0n) is 15.6. The van der Waals surface area contributed by atoms with E-state index >= 15 is 0 Å². The third-order valence-corrected chi connectivity index (χ3v) is 6.71. The van der Waals surface area contributed by atoms with E-state index in [1.807, 2.05) is 34.7 Å². The molecule has 5 nitrogen and oxygen atoms in total. The van der Waals surface area contributed by atoms with E-state index in [9.17, 15) is 4.79 Å². The fourth-order valence-electron chi connectivity index (χ4n) is 4.50. The lowest BCUT2D eigenvalue weighted by Crippen LogP contribution is -2.39. The first-order chi connectivity index (χ1) is 13.2. The van der Waals surface area contributed by atoms with Crippen LogP contribution in [0.15, 0.2) is 48.5 Å². The molecular formula is C21H25N3O2S. The van der Waals surface area contributed by atoms with Gasteiger partial charge in [-0.3, -0.25) is 9.69 Å². The average Bonchev–Trinajstić information content (AvgIpc) is 3.39. The molecule has 6 heteroatoms. The smallest absolute Gasteiger partial charge is 0.231 e. The molecule has 2 aliphatic rings. The summed E-state index contributed by atoms with van der Waals surface area (Å²) in [6, 6.07) is 8.18.